The number of rotatable bonds is 4. The smallest absolute Gasteiger partial charge is 0.319 e. The van der Waals surface area contributed by atoms with Gasteiger partial charge in [-0.1, -0.05) is 33.1 Å². The normalized spacial score (nSPS) is 27.4. The Morgan fingerprint density at radius 2 is 1.88 bits per heavy atom. The lowest BCUT2D eigenvalue weighted by Crippen LogP contribution is -2.56. The summed E-state index contributed by atoms with van der Waals surface area (Å²) in [5.41, 5.74) is 0.400. The monoisotopic (exact) mass is 256 g/mol. The van der Waals surface area contributed by atoms with Crippen LogP contribution in [0.4, 0.5) is 0 Å². The third-order valence-electron chi connectivity index (χ3n) is 4.63. The number of carbonyl (C=O) groups is 1. The predicted octanol–water partition coefficient (Wildman–Crippen LogP) is 4.09. The molecule has 2 aliphatic carbocycles. The molecule has 0 bridgehead atoms. The molecule has 2 rings (SSSR count). The van der Waals surface area contributed by atoms with Crippen molar-refractivity contribution in [3.05, 3.63) is 0 Å². The summed E-state index contributed by atoms with van der Waals surface area (Å²) in [6, 6.07) is 0. The zero-order valence-corrected chi connectivity index (χ0v) is 11.8. The molecule has 1 spiro atoms. The van der Waals surface area contributed by atoms with Crippen molar-refractivity contribution < 1.29 is 9.90 Å². The Morgan fingerprint density at radius 1 is 1.29 bits per heavy atom. The van der Waals surface area contributed by atoms with Crippen molar-refractivity contribution in [1.29, 1.82) is 0 Å². The van der Waals surface area contributed by atoms with Crippen LogP contribution in [0.1, 0.15) is 65.2 Å². The summed E-state index contributed by atoms with van der Waals surface area (Å²) in [7, 11) is 0. The van der Waals surface area contributed by atoms with Crippen molar-refractivity contribution in [2.45, 2.75) is 75.2 Å². The lowest BCUT2D eigenvalue weighted by atomic mass is 9.55. The highest BCUT2D eigenvalue weighted by molar-refractivity contribution is 8.02. The van der Waals surface area contributed by atoms with Crippen LogP contribution in [0.15, 0.2) is 0 Å². The first-order chi connectivity index (χ1) is 8.02. The SMILES string of the molecule is CCC(C)SC1(C(=O)O)CC2(CCCCC2)C1. The molecule has 3 heteroatoms. The molecule has 0 aromatic carbocycles. The van der Waals surface area contributed by atoms with E-state index in [4.69, 9.17) is 0 Å². The first kappa shape index (κ1) is 13.3. The number of thioether (sulfide) groups is 1. The quantitative estimate of drug-likeness (QED) is 0.823. The van der Waals surface area contributed by atoms with Gasteiger partial charge in [0.25, 0.3) is 0 Å². The van der Waals surface area contributed by atoms with Gasteiger partial charge in [-0.3, -0.25) is 4.79 Å². The van der Waals surface area contributed by atoms with Crippen LogP contribution in [0, 0.1) is 5.41 Å². The number of hydrogen-bond donors (Lipinski definition) is 1. The van der Waals surface area contributed by atoms with Crippen LogP contribution in [-0.4, -0.2) is 21.1 Å². The van der Waals surface area contributed by atoms with Gasteiger partial charge in [0.05, 0.1) is 0 Å². The first-order valence-corrected chi connectivity index (χ1v) is 7.81. The van der Waals surface area contributed by atoms with E-state index in [0.717, 1.165) is 19.3 Å². The number of carboxylic acid groups (broad SMARTS) is 1. The highest BCUT2D eigenvalue weighted by Crippen LogP contribution is 2.62. The molecule has 0 amide bonds. The summed E-state index contributed by atoms with van der Waals surface area (Å²) in [6.07, 6.45) is 9.40. The molecule has 2 nitrogen and oxygen atoms in total. The minimum atomic E-state index is -0.570. The Bertz CT molecular complexity index is 287. The van der Waals surface area contributed by atoms with Gasteiger partial charge >= 0.3 is 5.97 Å². The first-order valence-electron chi connectivity index (χ1n) is 6.93. The second kappa shape index (κ2) is 4.83. The summed E-state index contributed by atoms with van der Waals surface area (Å²) in [5.74, 6) is -0.570. The molecule has 2 saturated carbocycles. The van der Waals surface area contributed by atoms with Crippen LogP contribution in [0.3, 0.4) is 0 Å². The van der Waals surface area contributed by atoms with Gasteiger partial charge in [0.1, 0.15) is 4.75 Å². The molecule has 17 heavy (non-hydrogen) atoms. The number of hydrogen-bond acceptors (Lipinski definition) is 2. The van der Waals surface area contributed by atoms with Crippen molar-refractivity contribution in [1.82, 2.24) is 0 Å². The van der Waals surface area contributed by atoms with E-state index >= 15 is 0 Å². The van der Waals surface area contributed by atoms with Crippen molar-refractivity contribution in [2.75, 3.05) is 0 Å². The van der Waals surface area contributed by atoms with E-state index in [2.05, 4.69) is 13.8 Å². The summed E-state index contributed by atoms with van der Waals surface area (Å²) in [5, 5.41) is 9.99. The molecule has 0 aromatic rings. The topological polar surface area (TPSA) is 37.3 Å². The van der Waals surface area contributed by atoms with E-state index in [-0.39, 0.29) is 0 Å². The maximum absolute atomic E-state index is 11.6. The second-order valence-electron chi connectivity index (χ2n) is 6.05. The number of carboxylic acids is 1. The molecule has 0 heterocycles. The minimum absolute atomic E-state index is 0.400. The standard InChI is InChI=1S/C14H24O2S/c1-3-11(2)17-14(12(15)16)9-13(10-14)7-5-4-6-8-13/h11H,3-10H2,1-2H3,(H,15,16). The highest BCUT2D eigenvalue weighted by Gasteiger charge is 2.59. The summed E-state index contributed by atoms with van der Waals surface area (Å²) in [4.78, 5) is 11.6. The third-order valence-corrected chi connectivity index (χ3v) is 6.28. The van der Waals surface area contributed by atoms with Crippen LogP contribution in [-0.2, 0) is 4.79 Å². The fourth-order valence-electron chi connectivity index (χ4n) is 3.57. The summed E-state index contributed by atoms with van der Waals surface area (Å²) in [6.45, 7) is 4.30. The van der Waals surface area contributed by atoms with Crippen LogP contribution in [0.2, 0.25) is 0 Å². The molecule has 0 saturated heterocycles. The fourth-order valence-corrected chi connectivity index (χ4v) is 5.39. The molecule has 0 radical (unpaired) electrons. The van der Waals surface area contributed by atoms with Crippen molar-refractivity contribution >= 4 is 17.7 Å². The molecule has 2 fully saturated rings. The molecular formula is C14H24O2S. The van der Waals surface area contributed by atoms with Crippen molar-refractivity contribution in [3.63, 3.8) is 0 Å². The zero-order chi connectivity index (χ0) is 12.5. The average Bonchev–Trinajstić information content (AvgIpc) is 2.27. The van der Waals surface area contributed by atoms with E-state index in [1.165, 1.54) is 32.1 Å². The van der Waals surface area contributed by atoms with Gasteiger partial charge in [-0.2, -0.15) is 0 Å². The van der Waals surface area contributed by atoms with Gasteiger partial charge in [0, 0.05) is 5.25 Å². The molecule has 1 unspecified atom stereocenters. The lowest BCUT2D eigenvalue weighted by molar-refractivity contribution is -0.147. The Labute approximate surface area is 109 Å². The average molecular weight is 256 g/mol. The molecule has 1 N–H and O–H groups in total. The molecule has 1 atom stereocenters. The van der Waals surface area contributed by atoms with Gasteiger partial charge in [-0.05, 0) is 37.5 Å². The van der Waals surface area contributed by atoms with E-state index < -0.39 is 10.7 Å². The lowest BCUT2D eigenvalue weighted by Gasteiger charge is -2.56. The van der Waals surface area contributed by atoms with Crippen molar-refractivity contribution in [2.24, 2.45) is 5.41 Å². The molecule has 98 valence electrons. The molecule has 2 aliphatic rings. The Morgan fingerprint density at radius 3 is 2.35 bits per heavy atom. The fraction of sp³-hybridized carbons (Fsp3) is 0.929. The zero-order valence-electron chi connectivity index (χ0n) is 11.0. The Kier molecular flexibility index (Phi) is 3.77. The van der Waals surface area contributed by atoms with Crippen LogP contribution in [0.5, 0.6) is 0 Å². The molecular weight excluding hydrogens is 232 g/mol. The molecule has 0 aromatic heterocycles. The maximum Gasteiger partial charge on any atom is 0.319 e. The number of aliphatic carboxylic acids is 1. The van der Waals surface area contributed by atoms with Gasteiger partial charge in [-0.25, -0.2) is 0 Å². The Hall–Kier alpha value is -0.180. The van der Waals surface area contributed by atoms with E-state index in [0.29, 0.717) is 10.7 Å². The van der Waals surface area contributed by atoms with E-state index in [1.54, 1.807) is 11.8 Å². The predicted molar refractivity (Wildman–Crippen MR) is 72.5 cm³/mol. The minimum Gasteiger partial charge on any atom is -0.480 e. The van der Waals surface area contributed by atoms with Gasteiger partial charge in [-0.15, -0.1) is 11.8 Å². The largest absolute Gasteiger partial charge is 0.480 e. The highest BCUT2D eigenvalue weighted by atomic mass is 32.2. The third kappa shape index (κ3) is 2.49. The van der Waals surface area contributed by atoms with Crippen LogP contribution < -0.4 is 0 Å². The molecule has 0 aliphatic heterocycles. The second-order valence-corrected chi connectivity index (χ2v) is 7.87. The van der Waals surface area contributed by atoms with E-state index in [9.17, 15) is 9.90 Å². The van der Waals surface area contributed by atoms with Gasteiger partial charge in [0.15, 0.2) is 0 Å². The maximum atomic E-state index is 11.6. The van der Waals surface area contributed by atoms with Crippen LogP contribution in [0.25, 0.3) is 0 Å². The van der Waals surface area contributed by atoms with Gasteiger partial charge < -0.3 is 5.11 Å². The van der Waals surface area contributed by atoms with Crippen molar-refractivity contribution in [3.8, 4) is 0 Å². The van der Waals surface area contributed by atoms with E-state index in [1.807, 2.05) is 0 Å². The summed E-state index contributed by atoms with van der Waals surface area (Å²) >= 11 is 1.71. The Balaban J connectivity index is 2.00. The van der Waals surface area contributed by atoms with Crippen LogP contribution >= 0.6 is 11.8 Å². The van der Waals surface area contributed by atoms with Gasteiger partial charge in [0.2, 0.25) is 0 Å². The summed E-state index contributed by atoms with van der Waals surface area (Å²) < 4.78 is -0.452.